The second-order valence-corrected chi connectivity index (χ2v) is 4.06. The average molecular weight is 288 g/mol. The van der Waals surface area contributed by atoms with Crippen molar-refractivity contribution in [3.8, 4) is 0 Å². The quantitative estimate of drug-likeness (QED) is 0.696. The number of aromatic nitrogens is 2. The molecule has 0 saturated carbocycles. The Morgan fingerprint density at radius 3 is 2.83 bits per heavy atom. The third-order valence-electron chi connectivity index (χ3n) is 1.47. The Morgan fingerprint density at radius 1 is 1.17 bits per heavy atom. The molecule has 0 aromatic carbocycles. The van der Waals surface area contributed by atoms with Gasteiger partial charge in [-0.25, -0.2) is 9.97 Å². The van der Waals surface area contributed by atoms with Crippen LogP contribution in [0.2, 0.25) is 0 Å². The molecule has 2 aromatic rings. The van der Waals surface area contributed by atoms with Crippen LogP contribution in [0.5, 0.6) is 0 Å². The molecule has 0 aliphatic rings. The van der Waals surface area contributed by atoms with Crippen molar-refractivity contribution >= 4 is 42.9 Å². The number of fused-ring (bicyclic) bond motifs is 1. The van der Waals surface area contributed by atoms with Gasteiger partial charge in [-0.15, -0.1) is 0 Å². The second kappa shape index (κ2) is 3.11. The topological polar surface area (TPSA) is 25.8 Å². The molecule has 0 atom stereocenters. The van der Waals surface area contributed by atoms with E-state index < -0.39 is 0 Å². The van der Waals surface area contributed by atoms with Gasteiger partial charge in [0.15, 0.2) is 5.65 Å². The van der Waals surface area contributed by atoms with Crippen LogP contribution >= 0.6 is 31.9 Å². The van der Waals surface area contributed by atoms with Gasteiger partial charge in [-0.05, 0) is 50.1 Å². The van der Waals surface area contributed by atoms with Crippen molar-refractivity contribution in [2.45, 2.75) is 0 Å². The molecule has 0 fully saturated rings. The molecule has 12 heavy (non-hydrogen) atoms. The highest BCUT2D eigenvalue weighted by molar-refractivity contribution is 9.10. The summed E-state index contributed by atoms with van der Waals surface area (Å²) in [6.07, 6.45) is 1.74. The first-order valence-electron chi connectivity index (χ1n) is 3.33. The van der Waals surface area contributed by atoms with Crippen LogP contribution in [0.1, 0.15) is 0 Å². The highest BCUT2D eigenvalue weighted by Crippen LogP contribution is 2.17. The van der Waals surface area contributed by atoms with Gasteiger partial charge >= 0.3 is 0 Å². The molecular formula is C8H4Br2N2. The van der Waals surface area contributed by atoms with Gasteiger partial charge in [-0.3, -0.25) is 0 Å². The maximum absolute atomic E-state index is 4.20. The maximum atomic E-state index is 4.20. The van der Waals surface area contributed by atoms with Gasteiger partial charge in [0.25, 0.3) is 0 Å². The van der Waals surface area contributed by atoms with E-state index in [0.717, 1.165) is 20.1 Å². The molecule has 4 heteroatoms. The third-order valence-corrected chi connectivity index (χ3v) is 2.35. The van der Waals surface area contributed by atoms with Crippen LogP contribution in [0, 0.1) is 0 Å². The smallest absolute Gasteiger partial charge is 0.160 e. The average Bonchev–Trinajstić information content (AvgIpc) is 2.05. The highest BCUT2D eigenvalue weighted by Gasteiger charge is 1.97. The minimum atomic E-state index is 0.757. The Morgan fingerprint density at radius 2 is 2.00 bits per heavy atom. The first-order chi connectivity index (χ1) is 5.75. The minimum Gasteiger partial charge on any atom is -0.235 e. The summed E-state index contributed by atoms with van der Waals surface area (Å²) in [5.41, 5.74) is 0.757. The summed E-state index contributed by atoms with van der Waals surface area (Å²) in [6.45, 7) is 0. The number of halogens is 2. The lowest BCUT2D eigenvalue weighted by Crippen LogP contribution is -1.83. The van der Waals surface area contributed by atoms with Crippen LogP contribution < -0.4 is 0 Å². The molecule has 2 rings (SSSR count). The summed E-state index contributed by atoms with van der Waals surface area (Å²) in [7, 11) is 0. The van der Waals surface area contributed by atoms with Gasteiger partial charge in [0, 0.05) is 16.1 Å². The molecule has 2 nitrogen and oxygen atoms in total. The Hall–Kier alpha value is -0.480. The predicted molar refractivity (Wildman–Crippen MR) is 54.9 cm³/mol. The van der Waals surface area contributed by atoms with Crippen molar-refractivity contribution in [3.63, 3.8) is 0 Å². The first-order valence-corrected chi connectivity index (χ1v) is 4.92. The molecule has 60 valence electrons. The normalized spacial score (nSPS) is 10.5. The molecule has 0 unspecified atom stereocenters. The first kappa shape index (κ1) is 8.13. The van der Waals surface area contributed by atoms with E-state index in [1.54, 1.807) is 6.20 Å². The lowest BCUT2D eigenvalue weighted by atomic mass is 10.3. The van der Waals surface area contributed by atoms with Gasteiger partial charge in [-0.1, -0.05) is 0 Å². The maximum Gasteiger partial charge on any atom is 0.160 e. The molecule has 0 saturated heterocycles. The Kier molecular flexibility index (Phi) is 2.11. The molecular weight excluding hydrogens is 284 g/mol. The van der Waals surface area contributed by atoms with E-state index in [1.165, 1.54) is 0 Å². The molecule has 0 spiro atoms. The highest BCUT2D eigenvalue weighted by atomic mass is 79.9. The van der Waals surface area contributed by atoms with Crippen molar-refractivity contribution in [1.29, 1.82) is 0 Å². The zero-order valence-electron chi connectivity index (χ0n) is 5.96. The molecule has 0 radical (unpaired) electrons. The van der Waals surface area contributed by atoms with Crippen LogP contribution in [0.25, 0.3) is 11.0 Å². The van der Waals surface area contributed by atoms with Gasteiger partial charge in [-0.2, -0.15) is 0 Å². The van der Waals surface area contributed by atoms with E-state index in [4.69, 9.17) is 0 Å². The summed E-state index contributed by atoms with van der Waals surface area (Å²) < 4.78 is 1.78. The van der Waals surface area contributed by atoms with Crippen LogP contribution in [0.3, 0.4) is 0 Å². The standard InChI is InChI=1S/C8H4Br2N2/c9-6-3-5-1-2-7(10)12-8(5)11-4-6/h1-4H. The SMILES string of the molecule is Brc1cnc2nc(Br)ccc2c1. The molecule has 2 aromatic heterocycles. The lowest BCUT2D eigenvalue weighted by Gasteiger charge is -1.96. The molecule has 0 bridgehead atoms. The van der Waals surface area contributed by atoms with E-state index in [0.29, 0.717) is 0 Å². The minimum absolute atomic E-state index is 0.757. The Balaban J connectivity index is 2.79. The molecule has 2 heterocycles. The monoisotopic (exact) mass is 286 g/mol. The van der Waals surface area contributed by atoms with Gasteiger partial charge in [0.05, 0.1) is 0 Å². The number of hydrogen-bond acceptors (Lipinski definition) is 2. The van der Waals surface area contributed by atoms with Gasteiger partial charge in [0.2, 0.25) is 0 Å². The van der Waals surface area contributed by atoms with Crippen molar-refractivity contribution < 1.29 is 0 Å². The number of pyridine rings is 2. The molecule has 0 aliphatic carbocycles. The Bertz CT molecular complexity index is 387. The summed E-state index contributed by atoms with van der Waals surface area (Å²) in [6, 6.07) is 5.86. The van der Waals surface area contributed by atoms with E-state index in [1.807, 2.05) is 18.2 Å². The summed E-state index contributed by atoms with van der Waals surface area (Å²) in [5, 5.41) is 1.03. The lowest BCUT2D eigenvalue weighted by molar-refractivity contribution is 1.25. The van der Waals surface area contributed by atoms with Crippen LogP contribution in [-0.2, 0) is 0 Å². The van der Waals surface area contributed by atoms with E-state index in [9.17, 15) is 0 Å². The zero-order chi connectivity index (χ0) is 8.55. The van der Waals surface area contributed by atoms with Crippen LogP contribution in [0.15, 0.2) is 33.5 Å². The second-order valence-electron chi connectivity index (χ2n) is 2.33. The van der Waals surface area contributed by atoms with Crippen molar-refractivity contribution in [3.05, 3.63) is 33.5 Å². The zero-order valence-corrected chi connectivity index (χ0v) is 9.13. The predicted octanol–water partition coefficient (Wildman–Crippen LogP) is 3.15. The third kappa shape index (κ3) is 1.49. The fraction of sp³-hybridized carbons (Fsp3) is 0. The van der Waals surface area contributed by atoms with E-state index in [-0.39, 0.29) is 0 Å². The van der Waals surface area contributed by atoms with Crippen LogP contribution in [0.4, 0.5) is 0 Å². The Labute approximate surface area is 86.3 Å². The largest absolute Gasteiger partial charge is 0.235 e. The summed E-state index contributed by atoms with van der Waals surface area (Å²) in [4.78, 5) is 8.36. The molecule has 0 N–H and O–H groups in total. The fourth-order valence-corrected chi connectivity index (χ4v) is 1.61. The molecule has 0 aliphatic heterocycles. The summed E-state index contributed by atoms with van der Waals surface area (Å²) in [5.74, 6) is 0. The number of hydrogen-bond donors (Lipinski definition) is 0. The molecule has 0 amide bonds. The van der Waals surface area contributed by atoms with Crippen LogP contribution in [-0.4, -0.2) is 9.97 Å². The fourth-order valence-electron chi connectivity index (χ4n) is 0.961. The van der Waals surface area contributed by atoms with Gasteiger partial charge < -0.3 is 0 Å². The van der Waals surface area contributed by atoms with E-state index >= 15 is 0 Å². The van der Waals surface area contributed by atoms with Gasteiger partial charge in [0.1, 0.15) is 4.60 Å². The number of nitrogens with zero attached hydrogens (tertiary/aromatic N) is 2. The van der Waals surface area contributed by atoms with Crippen molar-refractivity contribution in [1.82, 2.24) is 9.97 Å². The summed E-state index contributed by atoms with van der Waals surface area (Å²) >= 11 is 6.64. The van der Waals surface area contributed by atoms with Crippen molar-refractivity contribution in [2.24, 2.45) is 0 Å². The van der Waals surface area contributed by atoms with E-state index in [2.05, 4.69) is 41.8 Å². The van der Waals surface area contributed by atoms with Crippen molar-refractivity contribution in [2.75, 3.05) is 0 Å². The number of rotatable bonds is 0.